The highest BCUT2D eigenvalue weighted by molar-refractivity contribution is 5.72. The fraction of sp³-hybridized carbons (Fsp3) is 0. The van der Waals surface area contributed by atoms with Crippen molar-refractivity contribution in [3.8, 4) is 45.3 Å². The summed E-state index contributed by atoms with van der Waals surface area (Å²) in [6.07, 6.45) is 0. The smallest absolute Gasteiger partial charge is 0.164 e. The maximum absolute atomic E-state index is 13.9. The van der Waals surface area contributed by atoms with E-state index in [4.69, 9.17) is 4.98 Å². The zero-order valence-electron chi connectivity index (χ0n) is 16.6. The summed E-state index contributed by atoms with van der Waals surface area (Å²) in [5, 5.41) is 0. The van der Waals surface area contributed by atoms with Crippen LogP contribution in [0.1, 0.15) is 0 Å². The molecule has 0 unspecified atom stereocenters. The van der Waals surface area contributed by atoms with Crippen molar-refractivity contribution in [2.45, 2.75) is 0 Å². The molecule has 4 heteroatoms. The van der Waals surface area contributed by atoms with Gasteiger partial charge in [0.1, 0.15) is 5.82 Å². The predicted molar refractivity (Wildman–Crippen MR) is 122 cm³/mol. The largest absolute Gasteiger partial charge is 0.208 e. The predicted octanol–water partition coefficient (Wildman–Crippen LogP) is 6.68. The van der Waals surface area contributed by atoms with Crippen LogP contribution in [-0.2, 0) is 0 Å². The molecule has 0 spiro atoms. The first-order chi connectivity index (χ1) is 15.3. The van der Waals surface area contributed by atoms with Crippen molar-refractivity contribution in [1.82, 2.24) is 15.0 Å². The molecular weight excluding hydrogens is 385 g/mol. The van der Waals surface area contributed by atoms with Crippen LogP contribution in [0.15, 0.2) is 109 Å². The molecule has 5 aromatic rings. The number of rotatable bonds is 4. The minimum atomic E-state index is -0.327. The molecule has 4 aromatic carbocycles. The maximum Gasteiger partial charge on any atom is 0.164 e. The number of halogens is 1. The van der Waals surface area contributed by atoms with Crippen molar-refractivity contribution >= 4 is 0 Å². The van der Waals surface area contributed by atoms with Crippen LogP contribution in [0.4, 0.5) is 4.39 Å². The van der Waals surface area contributed by atoms with Crippen molar-refractivity contribution < 1.29 is 4.39 Å². The lowest BCUT2D eigenvalue weighted by Gasteiger charge is -2.09. The topological polar surface area (TPSA) is 38.7 Å². The standard InChI is InChI=1S/C27H18FN3/c28-24-16-8-15-23(18-24)27-30-25(20-11-5-2-6-12-20)29-26(31-27)22-14-7-13-21(17-22)19-9-3-1-4-10-19/h1-18H. The highest BCUT2D eigenvalue weighted by Gasteiger charge is 2.13. The Labute approximate surface area is 179 Å². The Morgan fingerprint density at radius 3 is 1.45 bits per heavy atom. The van der Waals surface area contributed by atoms with Gasteiger partial charge in [-0.15, -0.1) is 0 Å². The Kier molecular flexibility index (Phi) is 5.03. The Balaban J connectivity index is 1.67. The molecule has 0 saturated carbocycles. The van der Waals surface area contributed by atoms with Crippen LogP contribution < -0.4 is 0 Å². The zero-order valence-corrected chi connectivity index (χ0v) is 16.6. The molecule has 0 radical (unpaired) electrons. The van der Waals surface area contributed by atoms with Crippen LogP contribution in [0.3, 0.4) is 0 Å². The molecule has 0 N–H and O–H groups in total. The Morgan fingerprint density at radius 1 is 0.387 bits per heavy atom. The molecule has 0 aliphatic carbocycles. The fourth-order valence-corrected chi connectivity index (χ4v) is 3.45. The summed E-state index contributed by atoms with van der Waals surface area (Å²) < 4.78 is 13.9. The van der Waals surface area contributed by atoms with Crippen molar-refractivity contribution in [1.29, 1.82) is 0 Å². The Hall–Kier alpha value is -4.18. The summed E-state index contributed by atoms with van der Waals surface area (Å²) >= 11 is 0. The van der Waals surface area contributed by atoms with Crippen LogP contribution in [0, 0.1) is 5.82 Å². The van der Waals surface area contributed by atoms with E-state index in [0.717, 1.165) is 22.3 Å². The molecule has 1 heterocycles. The molecule has 5 rings (SSSR count). The third-order valence-corrected chi connectivity index (χ3v) is 4.98. The van der Waals surface area contributed by atoms with E-state index in [0.29, 0.717) is 23.0 Å². The monoisotopic (exact) mass is 403 g/mol. The van der Waals surface area contributed by atoms with Crippen LogP contribution >= 0.6 is 0 Å². The highest BCUT2D eigenvalue weighted by atomic mass is 19.1. The van der Waals surface area contributed by atoms with E-state index in [1.54, 1.807) is 12.1 Å². The van der Waals surface area contributed by atoms with E-state index >= 15 is 0 Å². The summed E-state index contributed by atoms with van der Waals surface area (Å²) in [5.74, 6) is 1.21. The van der Waals surface area contributed by atoms with E-state index in [2.05, 4.69) is 34.2 Å². The van der Waals surface area contributed by atoms with Crippen molar-refractivity contribution in [3.05, 3.63) is 115 Å². The van der Waals surface area contributed by atoms with Gasteiger partial charge in [-0.25, -0.2) is 19.3 Å². The summed E-state index contributed by atoms with van der Waals surface area (Å²) in [6, 6.07) is 34.3. The van der Waals surface area contributed by atoms with Gasteiger partial charge in [-0.1, -0.05) is 91.0 Å². The molecule has 0 aliphatic rings. The second-order valence-electron chi connectivity index (χ2n) is 7.13. The number of benzene rings is 4. The van der Waals surface area contributed by atoms with E-state index in [-0.39, 0.29) is 5.82 Å². The van der Waals surface area contributed by atoms with Crippen molar-refractivity contribution in [2.75, 3.05) is 0 Å². The zero-order chi connectivity index (χ0) is 21.0. The van der Waals surface area contributed by atoms with Crippen LogP contribution in [0.2, 0.25) is 0 Å². The molecule has 148 valence electrons. The second-order valence-corrected chi connectivity index (χ2v) is 7.13. The molecule has 1 aromatic heterocycles. The molecule has 0 amide bonds. The quantitative estimate of drug-likeness (QED) is 0.336. The Bertz CT molecular complexity index is 1340. The minimum Gasteiger partial charge on any atom is -0.208 e. The van der Waals surface area contributed by atoms with Gasteiger partial charge in [0.05, 0.1) is 0 Å². The third kappa shape index (κ3) is 4.09. The lowest BCUT2D eigenvalue weighted by Crippen LogP contribution is -2.00. The maximum atomic E-state index is 13.9. The molecule has 0 aliphatic heterocycles. The molecule has 0 atom stereocenters. The average Bonchev–Trinajstić information content (AvgIpc) is 2.85. The van der Waals surface area contributed by atoms with Crippen LogP contribution in [-0.4, -0.2) is 15.0 Å². The van der Waals surface area contributed by atoms with Gasteiger partial charge in [0, 0.05) is 16.7 Å². The molecule has 0 fully saturated rings. The van der Waals surface area contributed by atoms with E-state index in [9.17, 15) is 4.39 Å². The minimum absolute atomic E-state index is 0.327. The fourth-order valence-electron chi connectivity index (χ4n) is 3.45. The van der Waals surface area contributed by atoms with Gasteiger partial charge in [0.15, 0.2) is 17.5 Å². The lowest BCUT2D eigenvalue weighted by molar-refractivity contribution is 0.628. The van der Waals surface area contributed by atoms with Gasteiger partial charge < -0.3 is 0 Å². The molecule has 3 nitrogen and oxygen atoms in total. The highest BCUT2D eigenvalue weighted by Crippen LogP contribution is 2.28. The summed E-state index contributed by atoms with van der Waals surface area (Å²) in [7, 11) is 0. The normalized spacial score (nSPS) is 10.7. The average molecular weight is 403 g/mol. The van der Waals surface area contributed by atoms with Crippen LogP contribution in [0.25, 0.3) is 45.3 Å². The van der Waals surface area contributed by atoms with Crippen molar-refractivity contribution in [3.63, 3.8) is 0 Å². The lowest BCUT2D eigenvalue weighted by atomic mass is 10.0. The van der Waals surface area contributed by atoms with E-state index in [1.807, 2.05) is 60.7 Å². The number of hydrogen-bond donors (Lipinski definition) is 0. The van der Waals surface area contributed by atoms with Gasteiger partial charge in [-0.05, 0) is 29.3 Å². The summed E-state index contributed by atoms with van der Waals surface area (Å²) in [4.78, 5) is 14.1. The summed E-state index contributed by atoms with van der Waals surface area (Å²) in [5.41, 5.74) is 4.56. The number of aromatic nitrogens is 3. The third-order valence-electron chi connectivity index (χ3n) is 4.98. The molecular formula is C27H18FN3. The van der Waals surface area contributed by atoms with Crippen LogP contribution in [0.5, 0.6) is 0 Å². The van der Waals surface area contributed by atoms with Gasteiger partial charge in [0.25, 0.3) is 0 Å². The van der Waals surface area contributed by atoms with E-state index < -0.39 is 0 Å². The summed E-state index contributed by atoms with van der Waals surface area (Å²) in [6.45, 7) is 0. The second kappa shape index (κ2) is 8.28. The van der Waals surface area contributed by atoms with Gasteiger partial charge in [0.2, 0.25) is 0 Å². The van der Waals surface area contributed by atoms with Crippen molar-refractivity contribution in [2.24, 2.45) is 0 Å². The molecule has 0 saturated heterocycles. The van der Waals surface area contributed by atoms with Gasteiger partial charge in [-0.2, -0.15) is 0 Å². The molecule has 0 bridgehead atoms. The molecule has 31 heavy (non-hydrogen) atoms. The van der Waals surface area contributed by atoms with E-state index in [1.165, 1.54) is 12.1 Å². The van der Waals surface area contributed by atoms with Gasteiger partial charge in [-0.3, -0.25) is 0 Å². The first kappa shape index (κ1) is 18.8. The van der Waals surface area contributed by atoms with Gasteiger partial charge >= 0.3 is 0 Å². The first-order valence-corrected chi connectivity index (χ1v) is 9.99. The number of hydrogen-bond acceptors (Lipinski definition) is 3. The Morgan fingerprint density at radius 2 is 0.839 bits per heavy atom. The SMILES string of the molecule is Fc1cccc(-c2nc(-c3ccccc3)nc(-c3cccc(-c4ccccc4)c3)n2)c1. The number of nitrogens with zero attached hydrogens (tertiary/aromatic N) is 3. The first-order valence-electron chi connectivity index (χ1n) is 9.99.